The maximum absolute atomic E-state index is 12.7. The van der Waals surface area contributed by atoms with E-state index in [1.165, 1.54) is 0 Å². The highest BCUT2D eigenvalue weighted by Gasteiger charge is 2.33. The average molecular weight is 555 g/mol. The fourth-order valence-electron chi connectivity index (χ4n) is 3.21. The molecule has 11 heteroatoms. The predicted octanol–water partition coefficient (Wildman–Crippen LogP) is 4.12. The van der Waals surface area contributed by atoms with Crippen molar-refractivity contribution in [3.05, 3.63) is 40.3 Å². The van der Waals surface area contributed by atoms with Gasteiger partial charge in [-0.05, 0) is 25.0 Å². The molecule has 1 aromatic heterocycles. The van der Waals surface area contributed by atoms with Gasteiger partial charge in [0, 0.05) is 43.3 Å². The Morgan fingerprint density at radius 2 is 2.20 bits per heavy atom. The standard InChI is InChI=1S/C19H24F3N5OS.HI/c1-23-18(24-10-17-26-16(12-29-17)19(20,21)22)25-13-5-4-8-27(11-13)14-6-3-7-15(9-14)28-2;/h3,6-7,9,12-13H,4-5,8,10-11H2,1-2H3,(H2,23,24,25);1H. The first-order valence-corrected chi connectivity index (χ1v) is 10.1. The third-order valence-electron chi connectivity index (χ3n) is 4.65. The molecule has 166 valence electrons. The maximum atomic E-state index is 12.7. The fraction of sp³-hybridized carbons (Fsp3) is 0.474. The van der Waals surface area contributed by atoms with Crippen LogP contribution in [-0.2, 0) is 12.7 Å². The summed E-state index contributed by atoms with van der Waals surface area (Å²) < 4.78 is 43.3. The van der Waals surface area contributed by atoms with Gasteiger partial charge in [0.1, 0.15) is 10.8 Å². The summed E-state index contributed by atoms with van der Waals surface area (Å²) in [6, 6.07) is 8.12. The highest BCUT2D eigenvalue weighted by Crippen LogP contribution is 2.30. The molecule has 0 saturated carbocycles. The lowest BCUT2D eigenvalue weighted by Gasteiger charge is -2.35. The molecule has 1 aliphatic heterocycles. The van der Waals surface area contributed by atoms with Crippen LogP contribution in [0.5, 0.6) is 5.75 Å². The summed E-state index contributed by atoms with van der Waals surface area (Å²) in [5, 5.41) is 7.80. The number of piperidine rings is 1. The van der Waals surface area contributed by atoms with Gasteiger partial charge in [-0.1, -0.05) is 6.07 Å². The minimum atomic E-state index is -4.42. The van der Waals surface area contributed by atoms with E-state index in [1.54, 1.807) is 14.2 Å². The van der Waals surface area contributed by atoms with Crippen LogP contribution < -0.4 is 20.3 Å². The van der Waals surface area contributed by atoms with Gasteiger partial charge in [-0.2, -0.15) is 13.2 Å². The number of hydrogen-bond acceptors (Lipinski definition) is 5. The highest BCUT2D eigenvalue weighted by molar-refractivity contribution is 14.0. The molecule has 2 N–H and O–H groups in total. The first kappa shape index (κ1) is 24.5. The van der Waals surface area contributed by atoms with Crippen LogP contribution >= 0.6 is 35.3 Å². The second-order valence-electron chi connectivity index (χ2n) is 6.68. The number of ether oxygens (including phenoxy) is 1. The van der Waals surface area contributed by atoms with E-state index in [0.29, 0.717) is 11.0 Å². The van der Waals surface area contributed by atoms with Crippen LogP contribution in [0.2, 0.25) is 0 Å². The summed E-state index contributed by atoms with van der Waals surface area (Å²) in [5.74, 6) is 1.36. The molecule has 6 nitrogen and oxygen atoms in total. The SMILES string of the molecule is CN=C(NCc1nc(C(F)(F)F)cs1)NC1CCCN(c2cccc(OC)c2)C1.I. The van der Waals surface area contributed by atoms with Crippen molar-refractivity contribution in [1.29, 1.82) is 0 Å². The lowest BCUT2D eigenvalue weighted by Crippen LogP contribution is -2.51. The summed E-state index contributed by atoms with van der Waals surface area (Å²) >= 11 is 0.980. The Kier molecular flexibility index (Phi) is 9.01. The van der Waals surface area contributed by atoms with Gasteiger partial charge in [-0.15, -0.1) is 35.3 Å². The first-order chi connectivity index (χ1) is 13.9. The van der Waals surface area contributed by atoms with E-state index in [9.17, 15) is 13.2 Å². The Morgan fingerprint density at radius 3 is 2.87 bits per heavy atom. The molecule has 0 bridgehead atoms. The number of methoxy groups -OCH3 is 1. The van der Waals surface area contributed by atoms with E-state index in [1.807, 2.05) is 18.2 Å². The smallest absolute Gasteiger partial charge is 0.434 e. The van der Waals surface area contributed by atoms with Gasteiger partial charge in [-0.3, -0.25) is 4.99 Å². The van der Waals surface area contributed by atoms with Crippen molar-refractivity contribution >= 4 is 47.0 Å². The number of benzene rings is 1. The van der Waals surface area contributed by atoms with Crippen molar-refractivity contribution in [2.45, 2.75) is 31.6 Å². The Balaban J connectivity index is 0.00000320. The molecule has 1 unspecified atom stereocenters. The van der Waals surface area contributed by atoms with E-state index in [0.717, 1.165) is 54.1 Å². The number of alkyl halides is 3. The number of anilines is 1. The van der Waals surface area contributed by atoms with Crippen LogP contribution in [0.15, 0.2) is 34.6 Å². The van der Waals surface area contributed by atoms with E-state index in [4.69, 9.17) is 4.74 Å². The summed E-state index contributed by atoms with van der Waals surface area (Å²) in [6.07, 6.45) is -2.41. The van der Waals surface area contributed by atoms with E-state index in [2.05, 4.69) is 31.6 Å². The molecule has 0 radical (unpaired) electrons. The maximum Gasteiger partial charge on any atom is 0.434 e. The van der Waals surface area contributed by atoms with Crippen molar-refractivity contribution in [3.8, 4) is 5.75 Å². The van der Waals surface area contributed by atoms with E-state index < -0.39 is 11.9 Å². The van der Waals surface area contributed by atoms with Crippen LogP contribution in [0.4, 0.5) is 18.9 Å². The normalized spacial score (nSPS) is 17.3. The van der Waals surface area contributed by atoms with Crippen LogP contribution in [0.3, 0.4) is 0 Å². The second kappa shape index (κ2) is 11.0. The molecule has 0 spiro atoms. The summed E-state index contributed by atoms with van der Waals surface area (Å²) in [6.45, 7) is 1.94. The third kappa shape index (κ3) is 6.62. The first-order valence-electron chi connectivity index (χ1n) is 9.27. The van der Waals surface area contributed by atoms with Crippen molar-refractivity contribution in [2.24, 2.45) is 4.99 Å². The number of hydrogen-bond donors (Lipinski definition) is 2. The van der Waals surface area contributed by atoms with Crippen molar-refractivity contribution in [2.75, 3.05) is 32.1 Å². The molecule has 1 atom stereocenters. The minimum absolute atomic E-state index is 0. The van der Waals surface area contributed by atoms with Crippen LogP contribution in [-0.4, -0.2) is 44.2 Å². The Labute approximate surface area is 195 Å². The molecule has 0 amide bonds. The Bertz CT molecular complexity index is 846. The number of nitrogens with one attached hydrogen (secondary N) is 2. The molecule has 1 saturated heterocycles. The van der Waals surface area contributed by atoms with E-state index >= 15 is 0 Å². The number of guanidine groups is 1. The quantitative estimate of drug-likeness (QED) is 0.331. The van der Waals surface area contributed by atoms with Gasteiger partial charge in [0.15, 0.2) is 11.7 Å². The van der Waals surface area contributed by atoms with Gasteiger partial charge in [0.05, 0.1) is 13.7 Å². The average Bonchev–Trinajstić information content (AvgIpc) is 3.21. The number of thiazole rings is 1. The van der Waals surface area contributed by atoms with Gasteiger partial charge in [0.2, 0.25) is 0 Å². The molecule has 2 heterocycles. The van der Waals surface area contributed by atoms with Crippen molar-refractivity contribution in [1.82, 2.24) is 15.6 Å². The zero-order chi connectivity index (χ0) is 20.9. The van der Waals surface area contributed by atoms with Gasteiger partial charge in [0.25, 0.3) is 0 Å². The molecule has 3 rings (SSSR count). The van der Waals surface area contributed by atoms with Gasteiger partial charge in [-0.25, -0.2) is 4.98 Å². The summed E-state index contributed by atoms with van der Waals surface area (Å²) in [7, 11) is 3.29. The lowest BCUT2D eigenvalue weighted by atomic mass is 10.0. The molecular weight excluding hydrogens is 530 g/mol. The number of halogens is 4. The molecule has 1 aromatic carbocycles. The highest BCUT2D eigenvalue weighted by atomic mass is 127. The topological polar surface area (TPSA) is 61.8 Å². The van der Waals surface area contributed by atoms with Crippen molar-refractivity contribution < 1.29 is 17.9 Å². The predicted molar refractivity (Wildman–Crippen MR) is 124 cm³/mol. The largest absolute Gasteiger partial charge is 0.497 e. The molecule has 1 aliphatic rings. The van der Waals surface area contributed by atoms with Crippen LogP contribution in [0.25, 0.3) is 0 Å². The van der Waals surface area contributed by atoms with Gasteiger partial charge >= 0.3 is 6.18 Å². The fourth-order valence-corrected chi connectivity index (χ4v) is 3.95. The van der Waals surface area contributed by atoms with Crippen LogP contribution in [0.1, 0.15) is 23.5 Å². The zero-order valence-corrected chi connectivity index (χ0v) is 19.8. The third-order valence-corrected chi connectivity index (χ3v) is 5.50. The summed E-state index contributed by atoms with van der Waals surface area (Å²) in [5.41, 5.74) is 0.240. The Hall–Kier alpha value is -1.76. The van der Waals surface area contributed by atoms with Gasteiger partial charge < -0.3 is 20.3 Å². The second-order valence-corrected chi connectivity index (χ2v) is 7.62. The van der Waals surface area contributed by atoms with Crippen molar-refractivity contribution in [3.63, 3.8) is 0 Å². The van der Waals surface area contributed by atoms with E-state index in [-0.39, 0.29) is 36.6 Å². The number of nitrogens with zero attached hydrogens (tertiary/aromatic N) is 3. The molecule has 2 aromatic rings. The van der Waals surface area contributed by atoms with Crippen LogP contribution in [0, 0.1) is 0 Å². The Morgan fingerprint density at radius 1 is 1.40 bits per heavy atom. The number of rotatable bonds is 5. The molecule has 30 heavy (non-hydrogen) atoms. The molecule has 0 aliphatic carbocycles. The monoisotopic (exact) mass is 555 g/mol. The molecular formula is C19H25F3IN5OS. The minimum Gasteiger partial charge on any atom is -0.497 e. The number of aliphatic imine (C=N–C) groups is 1. The zero-order valence-electron chi connectivity index (χ0n) is 16.7. The summed E-state index contributed by atoms with van der Waals surface area (Å²) in [4.78, 5) is 10.1. The lowest BCUT2D eigenvalue weighted by molar-refractivity contribution is -0.140. The number of aromatic nitrogens is 1. The molecule has 1 fully saturated rings.